The number of carbonyl (C=O) groups excluding carboxylic acids is 1. The van der Waals surface area contributed by atoms with Crippen LogP contribution in [0.4, 0.5) is 0 Å². The van der Waals surface area contributed by atoms with Crippen molar-refractivity contribution < 1.29 is 19.0 Å². The summed E-state index contributed by atoms with van der Waals surface area (Å²) in [6.45, 7) is 1.90. The van der Waals surface area contributed by atoms with Gasteiger partial charge in [0.2, 0.25) is 0 Å². The Hall–Kier alpha value is -0.870. The minimum atomic E-state index is -0.342. The highest BCUT2D eigenvalue weighted by Gasteiger charge is 2.22. The Labute approximate surface area is 82.8 Å². The Morgan fingerprint density at radius 3 is 2.79 bits per heavy atom. The molecule has 2 aliphatic heterocycles. The molecule has 0 unspecified atom stereocenters. The summed E-state index contributed by atoms with van der Waals surface area (Å²) in [7, 11) is 0. The van der Waals surface area contributed by atoms with Crippen LogP contribution >= 0.6 is 0 Å². The van der Waals surface area contributed by atoms with Crippen LogP contribution in [0.25, 0.3) is 0 Å². The fourth-order valence-electron chi connectivity index (χ4n) is 1.58. The molecule has 0 aliphatic carbocycles. The SMILES string of the molecule is O=C(CC1OCCO1)C1=COCCC1. The molecule has 1 fully saturated rings. The molecular formula is C10H14O4. The van der Waals surface area contributed by atoms with E-state index in [1.807, 2.05) is 0 Å². The monoisotopic (exact) mass is 198 g/mol. The largest absolute Gasteiger partial charge is 0.501 e. The van der Waals surface area contributed by atoms with E-state index in [0.717, 1.165) is 18.4 Å². The van der Waals surface area contributed by atoms with E-state index < -0.39 is 0 Å². The van der Waals surface area contributed by atoms with Crippen molar-refractivity contribution in [2.24, 2.45) is 0 Å². The molecule has 0 radical (unpaired) electrons. The minimum Gasteiger partial charge on any atom is -0.501 e. The molecule has 4 heteroatoms. The Morgan fingerprint density at radius 1 is 1.36 bits per heavy atom. The quantitative estimate of drug-likeness (QED) is 0.679. The zero-order chi connectivity index (χ0) is 9.80. The van der Waals surface area contributed by atoms with E-state index in [0.29, 0.717) is 26.2 Å². The smallest absolute Gasteiger partial charge is 0.166 e. The number of hydrogen-bond acceptors (Lipinski definition) is 4. The lowest BCUT2D eigenvalue weighted by atomic mass is 10.0. The van der Waals surface area contributed by atoms with Gasteiger partial charge in [-0.05, 0) is 12.8 Å². The molecule has 0 saturated carbocycles. The highest BCUT2D eigenvalue weighted by Crippen LogP contribution is 2.17. The second kappa shape index (κ2) is 4.57. The molecule has 0 aromatic rings. The predicted molar refractivity (Wildman–Crippen MR) is 48.6 cm³/mol. The Kier molecular flexibility index (Phi) is 3.16. The molecule has 2 rings (SSSR count). The summed E-state index contributed by atoms with van der Waals surface area (Å²) in [5.41, 5.74) is 0.760. The zero-order valence-electron chi connectivity index (χ0n) is 8.03. The van der Waals surface area contributed by atoms with Gasteiger partial charge in [0.25, 0.3) is 0 Å². The van der Waals surface area contributed by atoms with Crippen molar-refractivity contribution in [3.05, 3.63) is 11.8 Å². The first-order valence-electron chi connectivity index (χ1n) is 4.93. The normalized spacial score (nSPS) is 23.0. The van der Waals surface area contributed by atoms with Crippen LogP contribution in [0.2, 0.25) is 0 Å². The van der Waals surface area contributed by atoms with Crippen molar-refractivity contribution in [1.29, 1.82) is 0 Å². The van der Waals surface area contributed by atoms with Crippen molar-refractivity contribution in [1.82, 2.24) is 0 Å². The molecule has 0 N–H and O–H groups in total. The predicted octanol–water partition coefficient (Wildman–Crippen LogP) is 1.01. The van der Waals surface area contributed by atoms with Crippen LogP contribution in [-0.2, 0) is 19.0 Å². The zero-order valence-corrected chi connectivity index (χ0v) is 8.03. The average molecular weight is 198 g/mol. The van der Waals surface area contributed by atoms with Gasteiger partial charge in [0.1, 0.15) is 0 Å². The third-order valence-corrected chi connectivity index (χ3v) is 2.33. The van der Waals surface area contributed by atoms with Gasteiger partial charge in [-0.2, -0.15) is 0 Å². The number of ketones is 1. The Bertz CT molecular complexity index is 241. The fraction of sp³-hybridized carbons (Fsp3) is 0.700. The van der Waals surface area contributed by atoms with Gasteiger partial charge >= 0.3 is 0 Å². The number of Topliss-reactive ketones (excluding diaryl/α,β-unsaturated/α-hetero) is 1. The lowest BCUT2D eigenvalue weighted by Gasteiger charge is -2.14. The van der Waals surface area contributed by atoms with Gasteiger partial charge in [-0.25, -0.2) is 0 Å². The highest BCUT2D eigenvalue weighted by molar-refractivity contribution is 5.95. The number of carbonyl (C=O) groups is 1. The fourth-order valence-corrected chi connectivity index (χ4v) is 1.58. The average Bonchev–Trinajstić information content (AvgIpc) is 2.72. The first-order valence-corrected chi connectivity index (χ1v) is 4.93. The van der Waals surface area contributed by atoms with E-state index in [2.05, 4.69) is 0 Å². The second-order valence-corrected chi connectivity index (χ2v) is 3.42. The lowest BCUT2D eigenvalue weighted by Crippen LogP contribution is -2.17. The molecule has 14 heavy (non-hydrogen) atoms. The van der Waals surface area contributed by atoms with Crippen LogP contribution in [0.5, 0.6) is 0 Å². The third-order valence-electron chi connectivity index (χ3n) is 2.33. The summed E-state index contributed by atoms with van der Waals surface area (Å²) in [5.74, 6) is 0.0802. The molecule has 78 valence electrons. The maximum Gasteiger partial charge on any atom is 0.166 e. The number of rotatable bonds is 3. The summed E-state index contributed by atoms with van der Waals surface area (Å²) < 4.78 is 15.5. The molecule has 2 heterocycles. The van der Waals surface area contributed by atoms with Crippen molar-refractivity contribution in [2.75, 3.05) is 19.8 Å². The van der Waals surface area contributed by atoms with Gasteiger partial charge in [0.15, 0.2) is 12.1 Å². The molecule has 2 aliphatic rings. The highest BCUT2D eigenvalue weighted by atomic mass is 16.7. The summed E-state index contributed by atoms with van der Waals surface area (Å²) >= 11 is 0. The summed E-state index contributed by atoms with van der Waals surface area (Å²) in [5, 5.41) is 0. The van der Waals surface area contributed by atoms with Crippen molar-refractivity contribution in [2.45, 2.75) is 25.6 Å². The van der Waals surface area contributed by atoms with Gasteiger partial charge in [0, 0.05) is 5.57 Å². The second-order valence-electron chi connectivity index (χ2n) is 3.42. The van der Waals surface area contributed by atoms with E-state index in [-0.39, 0.29) is 12.1 Å². The molecule has 0 spiro atoms. The standard InChI is InChI=1S/C10H14O4/c11-9(6-10-13-4-5-14-10)8-2-1-3-12-7-8/h7,10H,1-6H2. The molecule has 0 aromatic carbocycles. The number of allylic oxidation sites excluding steroid dienone is 1. The molecule has 0 bridgehead atoms. The van der Waals surface area contributed by atoms with Crippen LogP contribution < -0.4 is 0 Å². The summed E-state index contributed by atoms with van der Waals surface area (Å²) in [6.07, 6.45) is 3.27. The van der Waals surface area contributed by atoms with E-state index in [9.17, 15) is 4.79 Å². The van der Waals surface area contributed by atoms with Crippen LogP contribution in [-0.4, -0.2) is 31.9 Å². The van der Waals surface area contributed by atoms with Gasteiger partial charge in [-0.15, -0.1) is 0 Å². The van der Waals surface area contributed by atoms with E-state index in [1.54, 1.807) is 6.26 Å². The van der Waals surface area contributed by atoms with Crippen LogP contribution in [0, 0.1) is 0 Å². The van der Waals surface area contributed by atoms with Gasteiger partial charge < -0.3 is 14.2 Å². The van der Waals surface area contributed by atoms with Gasteiger partial charge in [0.05, 0.1) is 32.5 Å². The third kappa shape index (κ3) is 2.33. The van der Waals surface area contributed by atoms with Gasteiger partial charge in [-0.1, -0.05) is 0 Å². The van der Waals surface area contributed by atoms with Crippen LogP contribution in [0.15, 0.2) is 11.8 Å². The molecule has 0 aromatic heterocycles. The minimum absolute atomic E-state index is 0.0802. The van der Waals surface area contributed by atoms with Crippen LogP contribution in [0.3, 0.4) is 0 Å². The van der Waals surface area contributed by atoms with Crippen molar-refractivity contribution >= 4 is 5.78 Å². The summed E-state index contributed by atoms with van der Waals surface area (Å²) in [6, 6.07) is 0. The van der Waals surface area contributed by atoms with Crippen LogP contribution in [0.1, 0.15) is 19.3 Å². The summed E-state index contributed by atoms with van der Waals surface area (Å²) in [4.78, 5) is 11.6. The molecule has 4 nitrogen and oxygen atoms in total. The molecule has 0 atom stereocenters. The number of hydrogen-bond donors (Lipinski definition) is 0. The first kappa shape index (κ1) is 9.68. The Balaban J connectivity index is 1.84. The molecule has 1 saturated heterocycles. The molecular weight excluding hydrogens is 184 g/mol. The molecule has 0 amide bonds. The lowest BCUT2D eigenvalue weighted by molar-refractivity contribution is -0.124. The van der Waals surface area contributed by atoms with E-state index >= 15 is 0 Å². The van der Waals surface area contributed by atoms with E-state index in [1.165, 1.54) is 0 Å². The van der Waals surface area contributed by atoms with E-state index in [4.69, 9.17) is 14.2 Å². The van der Waals surface area contributed by atoms with Gasteiger partial charge in [-0.3, -0.25) is 4.79 Å². The first-order chi connectivity index (χ1) is 6.86. The van der Waals surface area contributed by atoms with Crippen molar-refractivity contribution in [3.63, 3.8) is 0 Å². The number of ether oxygens (including phenoxy) is 3. The van der Waals surface area contributed by atoms with Crippen molar-refractivity contribution in [3.8, 4) is 0 Å². The maximum absolute atomic E-state index is 11.6. The topological polar surface area (TPSA) is 44.8 Å². The maximum atomic E-state index is 11.6. The Morgan fingerprint density at radius 2 is 2.14 bits per heavy atom.